The number of nitrogens with two attached hydrogens (primary N) is 1. The molecule has 23 heteroatoms. The number of hydrogen-bond acceptors (Lipinski definition) is 15. The molecule has 2 aromatic heterocycles. The molecular weight excluding hydrogens is 1100 g/mol. The summed E-state index contributed by atoms with van der Waals surface area (Å²) in [5.41, 5.74) is 13.1. The average molecular weight is 1170 g/mol. The number of aromatic amines is 1. The Balaban J connectivity index is 0.973. The first-order chi connectivity index (χ1) is 39.4. The molecule has 0 spiro atoms. The van der Waals surface area contributed by atoms with Gasteiger partial charge in [0.15, 0.2) is 28.4 Å². The van der Waals surface area contributed by atoms with Gasteiger partial charge in [-0.2, -0.15) is 26.4 Å². The first-order valence-corrected chi connectivity index (χ1v) is 30.3. The van der Waals surface area contributed by atoms with Gasteiger partial charge in [0.05, 0.1) is 42.0 Å². The van der Waals surface area contributed by atoms with E-state index in [1.54, 1.807) is 48.5 Å². The minimum Gasteiger partial charge on any atom is -0.489 e. The molecule has 21 nitrogen and oxygen atoms in total. The third kappa shape index (κ3) is 14.1. The zero-order valence-corrected chi connectivity index (χ0v) is 48.0. The van der Waals surface area contributed by atoms with E-state index in [0.717, 1.165) is 39.5 Å². The highest BCUT2D eigenvalue weighted by Gasteiger charge is 2.44. The number of benzene rings is 4. The molecule has 1 amide bonds. The number of aliphatic carboxylic acids is 1. The van der Waals surface area contributed by atoms with Gasteiger partial charge in [-0.15, -0.1) is 0 Å². The number of carboxylic acid groups (broad SMARTS) is 1. The van der Waals surface area contributed by atoms with Crippen LogP contribution in [0, 0.1) is 0 Å². The number of carboxylic acids is 1. The molecule has 0 saturated heterocycles. The molecule has 0 bridgehead atoms. The lowest BCUT2D eigenvalue weighted by molar-refractivity contribution is -0.438. The second-order valence-electron chi connectivity index (χ2n) is 21.6. The monoisotopic (exact) mass is 1170 g/mol. The number of rotatable bonds is 23. The molecule has 0 radical (unpaired) electrons. The zero-order chi connectivity index (χ0) is 59.3. The number of carbonyl (C=O) groups is 2. The van der Waals surface area contributed by atoms with E-state index in [4.69, 9.17) is 15.2 Å². The van der Waals surface area contributed by atoms with Gasteiger partial charge in [0, 0.05) is 77.1 Å². The standard InChI is InChI=1S/C60H65N9O12S2/c1-59(2)44-13-5-7-15-47(44)68(30-9-11-33-82(74,75)76)50(59)27-21-39-29-32-80-49(26-28-51-60(3,4)45-14-6-8-16-48(45)69(51)31-10-12-34-83(77,78)79)53(39)81-43-24-17-38(18-25-43)35-46(57(72)73)65-55(70)40-19-22-41(23-20-40)62-36-42-37-63-54-52(64-42)56(71)67-58(61)66-54/h5-8,13-28,37,46H,9-12,29-36H2,1-4H3,(H7-,61,62,63,65,66,67,70,71,72,73,74,75,76,77,78,79)/p+1/t46-/m0/s1. The van der Waals surface area contributed by atoms with Gasteiger partial charge >= 0.3 is 5.97 Å². The van der Waals surface area contributed by atoms with E-state index in [2.05, 4.69) is 85.9 Å². The molecule has 83 heavy (non-hydrogen) atoms. The van der Waals surface area contributed by atoms with Crippen molar-refractivity contribution in [2.45, 2.75) is 89.6 Å². The minimum absolute atomic E-state index is 0.0409. The van der Waals surface area contributed by atoms with Crippen LogP contribution in [-0.4, -0.2) is 110 Å². The number of hydrogen-bond donors (Lipinski definition) is 7. The van der Waals surface area contributed by atoms with Crippen LogP contribution < -0.4 is 31.6 Å². The molecule has 4 aromatic carbocycles. The van der Waals surface area contributed by atoms with Gasteiger partial charge in [0.1, 0.15) is 18.3 Å². The van der Waals surface area contributed by atoms with Crippen LogP contribution in [0.15, 0.2) is 155 Å². The van der Waals surface area contributed by atoms with Crippen molar-refractivity contribution in [3.05, 3.63) is 189 Å². The normalized spacial score (nSPS) is 17.0. The molecule has 0 fully saturated rings. The molecular formula is C60H66N9O12S2+. The SMILES string of the molecule is CC1(C)C(/C=C/C2=C(Oc3ccc(C[C@H](NC(=O)c4ccc(NCc5cnc6nc(N)[nH]c(=O)c6n5)cc4)C(=O)O)cc3)C(=C/C=C3/N(CCCCS(=O)(=O)O)c4ccccc4C3(C)C)/OCC2)=[N+](CCCCS(=O)(=O)O)c2ccccc21. The third-order valence-corrected chi connectivity index (χ3v) is 16.5. The maximum absolute atomic E-state index is 13.5. The molecule has 0 saturated carbocycles. The van der Waals surface area contributed by atoms with Crippen LogP contribution in [0.1, 0.15) is 92.5 Å². The van der Waals surface area contributed by atoms with Crippen LogP contribution >= 0.6 is 0 Å². The zero-order valence-electron chi connectivity index (χ0n) is 46.3. The number of fused-ring (bicyclic) bond motifs is 3. The number of ether oxygens (including phenoxy) is 2. The summed E-state index contributed by atoms with van der Waals surface area (Å²) in [6.07, 6.45) is 11.4. The van der Waals surface area contributed by atoms with Crippen molar-refractivity contribution in [2.24, 2.45) is 0 Å². The van der Waals surface area contributed by atoms with Crippen LogP contribution in [0.4, 0.5) is 23.0 Å². The number of amides is 1. The Hall–Kier alpha value is -8.51. The van der Waals surface area contributed by atoms with E-state index < -0.39 is 54.5 Å². The number of para-hydroxylation sites is 2. The molecule has 6 aromatic rings. The number of H-pyrrole nitrogens is 1. The molecule has 0 unspecified atom stereocenters. The Bertz CT molecular complexity index is 3930. The first-order valence-electron chi connectivity index (χ1n) is 27.1. The molecule has 0 aliphatic carbocycles. The van der Waals surface area contributed by atoms with Crippen molar-refractivity contribution < 1.29 is 54.7 Å². The molecule has 3 aliphatic heterocycles. The van der Waals surface area contributed by atoms with Gasteiger partial charge in [-0.25, -0.2) is 14.8 Å². The van der Waals surface area contributed by atoms with Gasteiger partial charge in [-0.3, -0.25) is 23.7 Å². The second-order valence-corrected chi connectivity index (χ2v) is 24.7. The number of allylic oxidation sites excluding steroid dienone is 5. The summed E-state index contributed by atoms with van der Waals surface area (Å²) in [7, 11) is -8.26. The van der Waals surface area contributed by atoms with E-state index in [9.17, 15) is 45.4 Å². The van der Waals surface area contributed by atoms with Crippen molar-refractivity contribution >= 4 is 72.0 Å². The fourth-order valence-electron chi connectivity index (χ4n) is 10.7. The van der Waals surface area contributed by atoms with Crippen LogP contribution in [0.5, 0.6) is 5.75 Å². The maximum atomic E-state index is 13.5. The molecule has 434 valence electrons. The van der Waals surface area contributed by atoms with Gasteiger partial charge in [0.2, 0.25) is 11.6 Å². The van der Waals surface area contributed by atoms with Crippen LogP contribution in [-0.2, 0) is 53.6 Å². The number of unbranched alkanes of at least 4 members (excludes halogenated alkanes) is 2. The Kier molecular flexibility index (Phi) is 17.5. The summed E-state index contributed by atoms with van der Waals surface area (Å²) in [5.74, 6) is -1.30. The van der Waals surface area contributed by atoms with E-state index in [1.165, 1.54) is 6.20 Å². The van der Waals surface area contributed by atoms with Crippen LogP contribution in [0.2, 0.25) is 0 Å². The lowest BCUT2D eigenvalue weighted by Gasteiger charge is -2.27. The molecule has 5 heterocycles. The highest BCUT2D eigenvalue weighted by atomic mass is 32.2. The van der Waals surface area contributed by atoms with Crippen LogP contribution in [0.25, 0.3) is 11.2 Å². The number of nitrogens with one attached hydrogen (secondary N) is 3. The molecule has 3 aliphatic rings. The van der Waals surface area contributed by atoms with Gasteiger partial charge in [-0.05, 0) is 105 Å². The highest BCUT2D eigenvalue weighted by Crippen LogP contribution is 2.48. The number of carbonyl (C=O) groups excluding carboxylic acids is 1. The summed E-state index contributed by atoms with van der Waals surface area (Å²) in [4.78, 5) is 55.4. The predicted molar refractivity (Wildman–Crippen MR) is 316 cm³/mol. The maximum Gasteiger partial charge on any atom is 0.326 e. The Morgan fingerprint density at radius 1 is 0.855 bits per heavy atom. The van der Waals surface area contributed by atoms with Crippen molar-refractivity contribution in [2.75, 3.05) is 47.2 Å². The number of nitrogen functional groups attached to an aromatic ring is 1. The Morgan fingerprint density at radius 3 is 2.25 bits per heavy atom. The Labute approximate surface area is 480 Å². The van der Waals surface area contributed by atoms with Gasteiger partial charge in [0.25, 0.3) is 31.7 Å². The van der Waals surface area contributed by atoms with E-state index >= 15 is 0 Å². The topological polar surface area (TPSA) is 309 Å². The van der Waals surface area contributed by atoms with E-state index in [0.29, 0.717) is 73.2 Å². The number of nitrogens with zero attached hydrogens (tertiary/aromatic N) is 5. The van der Waals surface area contributed by atoms with Crippen molar-refractivity contribution in [1.29, 1.82) is 0 Å². The fourth-order valence-corrected chi connectivity index (χ4v) is 11.8. The highest BCUT2D eigenvalue weighted by molar-refractivity contribution is 7.86. The quantitative estimate of drug-likeness (QED) is 0.0182. The van der Waals surface area contributed by atoms with Crippen molar-refractivity contribution in [1.82, 2.24) is 25.3 Å². The molecule has 1 atom stereocenters. The minimum atomic E-state index is -4.13. The smallest absolute Gasteiger partial charge is 0.326 e. The van der Waals surface area contributed by atoms with Crippen molar-refractivity contribution in [3.63, 3.8) is 0 Å². The summed E-state index contributed by atoms with van der Waals surface area (Å²) in [5, 5.41) is 16.1. The summed E-state index contributed by atoms with van der Waals surface area (Å²) in [6.45, 7) is 10.0. The Morgan fingerprint density at radius 2 is 1.54 bits per heavy atom. The molecule has 9 rings (SSSR count). The first kappa shape index (κ1) is 59.1. The fraction of sp³-hybridized carbons (Fsp3) is 0.317. The second kappa shape index (κ2) is 24.5. The summed E-state index contributed by atoms with van der Waals surface area (Å²) >= 11 is 0. The lowest BCUT2D eigenvalue weighted by atomic mass is 9.81. The summed E-state index contributed by atoms with van der Waals surface area (Å²) in [6, 6.07) is 28.2. The third-order valence-electron chi connectivity index (χ3n) is 14.9. The number of aromatic nitrogens is 4. The van der Waals surface area contributed by atoms with Crippen molar-refractivity contribution in [3.8, 4) is 5.75 Å². The van der Waals surface area contributed by atoms with Gasteiger partial charge < -0.3 is 35.8 Å². The van der Waals surface area contributed by atoms with E-state index in [-0.39, 0.29) is 60.0 Å². The lowest BCUT2D eigenvalue weighted by Crippen LogP contribution is -2.42. The molecule has 8 N–H and O–H groups in total. The van der Waals surface area contributed by atoms with Crippen LogP contribution in [0.3, 0.4) is 0 Å². The largest absolute Gasteiger partial charge is 0.489 e. The van der Waals surface area contributed by atoms with Gasteiger partial charge in [-0.1, -0.05) is 62.4 Å². The number of anilines is 3. The van der Waals surface area contributed by atoms with E-state index in [1.807, 2.05) is 54.6 Å². The average Bonchev–Trinajstić information content (AvgIpc) is 2.65. The summed E-state index contributed by atoms with van der Waals surface area (Å²) < 4.78 is 80.9. The predicted octanol–water partition coefficient (Wildman–Crippen LogP) is 7.92.